The van der Waals surface area contributed by atoms with E-state index in [0.29, 0.717) is 5.56 Å². The van der Waals surface area contributed by atoms with Crippen LogP contribution in [0.3, 0.4) is 0 Å². The molecule has 1 heterocycles. The number of amides is 1. The molecule has 28 heavy (non-hydrogen) atoms. The Bertz CT molecular complexity index is 1090. The van der Waals surface area contributed by atoms with Gasteiger partial charge in [-0.25, -0.2) is 4.39 Å². The van der Waals surface area contributed by atoms with Crippen molar-refractivity contribution in [3.05, 3.63) is 63.5 Å². The second-order valence-electron chi connectivity index (χ2n) is 5.85. The van der Waals surface area contributed by atoms with E-state index < -0.39 is 29.2 Å². The predicted molar refractivity (Wildman–Crippen MR) is 97.6 cm³/mol. The summed E-state index contributed by atoms with van der Waals surface area (Å²) in [4.78, 5) is 11.9. The highest BCUT2D eigenvalue weighted by Crippen LogP contribution is 2.42. The fourth-order valence-electron chi connectivity index (χ4n) is 2.92. The second-order valence-corrected chi connectivity index (χ2v) is 6.63. The number of aromatic nitrogens is 2. The van der Waals surface area contributed by atoms with Crippen molar-refractivity contribution < 1.29 is 22.4 Å². The van der Waals surface area contributed by atoms with E-state index in [2.05, 4.69) is 5.10 Å². The Morgan fingerprint density at radius 3 is 2.39 bits per heavy atom. The SMILES string of the molecule is Cn1nc(C(F)(F)F)c(C(N)=O)c1-c1cc(F)ccc1-c1cccc(Cl)c1Cl. The first kappa shape index (κ1) is 20.2. The van der Waals surface area contributed by atoms with E-state index in [9.17, 15) is 22.4 Å². The number of carbonyl (C=O) groups excluding carboxylic acids is 1. The number of hydrogen-bond donors (Lipinski definition) is 1. The van der Waals surface area contributed by atoms with E-state index in [1.165, 1.54) is 19.2 Å². The quantitative estimate of drug-likeness (QED) is 0.570. The Labute approximate surface area is 166 Å². The number of hydrogen-bond acceptors (Lipinski definition) is 2. The maximum atomic E-state index is 14.0. The number of nitrogens with zero attached hydrogens (tertiary/aromatic N) is 2. The van der Waals surface area contributed by atoms with Gasteiger partial charge in [0.05, 0.1) is 21.3 Å². The third-order valence-electron chi connectivity index (χ3n) is 4.04. The number of carbonyl (C=O) groups is 1. The summed E-state index contributed by atoms with van der Waals surface area (Å²) in [7, 11) is 1.20. The molecule has 0 radical (unpaired) electrons. The molecule has 2 N–H and O–H groups in total. The fourth-order valence-corrected chi connectivity index (χ4v) is 3.33. The van der Waals surface area contributed by atoms with Gasteiger partial charge in [-0.3, -0.25) is 9.48 Å². The van der Waals surface area contributed by atoms with Gasteiger partial charge in [0.25, 0.3) is 5.91 Å². The zero-order valence-electron chi connectivity index (χ0n) is 14.1. The number of benzene rings is 2. The van der Waals surface area contributed by atoms with Crippen LogP contribution in [0.5, 0.6) is 0 Å². The van der Waals surface area contributed by atoms with Crippen LogP contribution in [0, 0.1) is 5.82 Å². The van der Waals surface area contributed by atoms with Gasteiger partial charge in [-0.1, -0.05) is 41.4 Å². The van der Waals surface area contributed by atoms with Crippen molar-refractivity contribution in [2.24, 2.45) is 12.8 Å². The second kappa shape index (κ2) is 7.10. The molecule has 3 rings (SSSR count). The number of halogens is 6. The van der Waals surface area contributed by atoms with Gasteiger partial charge in [0.2, 0.25) is 0 Å². The normalized spacial score (nSPS) is 11.7. The molecule has 0 saturated carbocycles. The van der Waals surface area contributed by atoms with E-state index in [4.69, 9.17) is 28.9 Å². The summed E-state index contributed by atoms with van der Waals surface area (Å²) in [6.45, 7) is 0. The number of nitrogens with two attached hydrogens (primary N) is 1. The van der Waals surface area contributed by atoms with E-state index in [1.54, 1.807) is 12.1 Å². The van der Waals surface area contributed by atoms with Crippen molar-refractivity contribution in [2.75, 3.05) is 0 Å². The highest BCUT2D eigenvalue weighted by atomic mass is 35.5. The lowest BCUT2D eigenvalue weighted by Crippen LogP contribution is -2.18. The fraction of sp³-hybridized carbons (Fsp3) is 0.111. The van der Waals surface area contributed by atoms with Crippen LogP contribution >= 0.6 is 23.2 Å². The van der Waals surface area contributed by atoms with Gasteiger partial charge in [-0.05, 0) is 23.8 Å². The molecule has 4 nitrogen and oxygen atoms in total. The van der Waals surface area contributed by atoms with Crippen molar-refractivity contribution in [3.63, 3.8) is 0 Å². The maximum absolute atomic E-state index is 14.0. The molecule has 1 aromatic heterocycles. The Balaban J connectivity index is 2.41. The smallest absolute Gasteiger partial charge is 0.365 e. The van der Waals surface area contributed by atoms with Crippen LogP contribution in [0.2, 0.25) is 10.0 Å². The standard InChI is InChI=1S/C18H11Cl2F4N3O/c1-27-15(13(17(25)28)16(26-27)18(22,23)24)11-7-8(21)5-6-9(11)10-3-2-4-12(19)14(10)20/h2-7H,1H3,(H2,25,28). The van der Waals surface area contributed by atoms with E-state index in [0.717, 1.165) is 16.8 Å². The topological polar surface area (TPSA) is 60.9 Å². The molecule has 146 valence electrons. The summed E-state index contributed by atoms with van der Waals surface area (Å²) in [5, 5.41) is 3.71. The zero-order chi connectivity index (χ0) is 20.8. The number of alkyl halides is 3. The molecule has 0 fully saturated rings. The predicted octanol–water partition coefficient (Wildman–Crippen LogP) is 5.32. The Kier molecular flexibility index (Phi) is 5.12. The third-order valence-corrected chi connectivity index (χ3v) is 4.86. The van der Waals surface area contributed by atoms with Crippen LogP contribution in [0.15, 0.2) is 36.4 Å². The van der Waals surface area contributed by atoms with Crippen molar-refractivity contribution in [1.82, 2.24) is 9.78 Å². The van der Waals surface area contributed by atoms with Gasteiger partial charge < -0.3 is 5.73 Å². The monoisotopic (exact) mass is 431 g/mol. The molecular weight excluding hydrogens is 421 g/mol. The van der Waals surface area contributed by atoms with Crippen molar-refractivity contribution >= 4 is 29.1 Å². The molecule has 0 aliphatic heterocycles. The number of rotatable bonds is 3. The average Bonchev–Trinajstić information content (AvgIpc) is 2.95. The summed E-state index contributed by atoms with van der Waals surface area (Å²) in [6.07, 6.45) is -4.93. The van der Waals surface area contributed by atoms with E-state index in [1.807, 2.05) is 0 Å². The maximum Gasteiger partial charge on any atom is 0.435 e. The van der Waals surface area contributed by atoms with Crippen molar-refractivity contribution in [1.29, 1.82) is 0 Å². The average molecular weight is 432 g/mol. The Morgan fingerprint density at radius 1 is 1.11 bits per heavy atom. The molecule has 10 heteroatoms. The summed E-state index contributed by atoms with van der Waals surface area (Å²) >= 11 is 12.3. The molecule has 1 amide bonds. The summed E-state index contributed by atoms with van der Waals surface area (Å²) in [5.41, 5.74) is 3.17. The van der Waals surface area contributed by atoms with Gasteiger partial charge in [0.15, 0.2) is 5.69 Å². The van der Waals surface area contributed by atoms with E-state index in [-0.39, 0.29) is 26.9 Å². The van der Waals surface area contributed by atoms with Gasteiger partial charge in [-0.2, -0.15) is 18.3 Å². The molecule has 0 atom stereocenters. The minimum atomic E-state index is -4.93. The Hall–Kier alpha value is -2.58. The largest absolute Gasteiger partial charge is 0.435 e. The van der Waals surface area contributed by atoms with Crippen LogP contribution in [0.1, 0.15) is 16.1 Å². The minimum absolute atomic E-state index is 0.0385. The molecule has 0 aliphatic carbocycles. The minimum Gasteiger partial charge on any atom is -0.365 e. The van der Waals surface area contributed by atoms with E-state index >= 15 is 0 Å². The van der Waals surface area contributed by atoms with Crippen molar-refractivity contribution in [3.8, 4) is 22.4 Å². The van der Waals surface area contributed by atoms with Crippen molar-refractivity contribution in [2.45, 2.75) is 6.18 Å². The third kappa shape index (κ3) is 3.45. The zero-order valence-corrected chi connectivity index (χ0v) is 15.6. The number of aryl methyl sites for hydroxylation is 1. The molecule has 0 saturated heterocycles. The van der Waals surface area contributed by atoms with Crippen LogP contribution in [-0.4, -0.2) is 15.7 Å². The van der Waals surface area contributed by atoms with Crippen LogP contribution in [-0.2, 0) is 13.2 Å². The van der Waals surface area contributed by atoms with Crippen LogP contribution in [0.4, 0.5) is 17.6 Å². The Morgan fingerprint density at radius 2 is 1.79 bits per heavy atom. The molecule has 0 bridgehead atoms. The molecular formula is C18H11Cl2F4N3O. The summed E-state index contributed by atoms with van der Waals surface area (Å²) < 4.78 is 54.9. The van der Waals surface area contributed by atoms with Gasteiger partial charge in [0, 0.05) is 18.2 Å². The molecule has 0 unspecified atom stereocenters. The first-order valence-corrected chi connectivity index (χ1v) is 8.46. The van der Waals surface area contributed by atoms with Gasteiger partial charge in [0.1, 0.15) is 5.82 Å². The molecule has 3 aromatic rings. The lowest BCUT2D eigenvalue weighted by molar-refractivity contribution is -0.141. The van der Waals surface area contributed by atoms with Gasteiger partial charge >= 0.3 is 6.18 Å². The molecule has 0 spiro atoms. The summed E-state index contributed by atoms with van der Waals surface area (Å²) in [6, 6.07) is 8.09. The van der Waals surface area contributed by atoms with Gasteiger partial charge in [-0.15, -0.1) is 0 Å². The first-order chi connectivity index (χ1) is 13.0. The van der Waals surface area contributed by atoms with Crippen LogP contribution in [0.25, 0.3) is 22.4 Å². The number of primary amides is 1. The molecule has 2 aromatic carbocycles. The first-order valence-electron chi connectivity index (χ1n) is 7.70. The lowest BCUT2D eigenvalue weighted by Gasteiger charge is -2.14. The summed E-state index contributed by atoms with van der Waals surface area (Å²) in [5.74, 6) is -2.08. The van der Waals surface area contributed by atoms with Crippen LogP contribution < -0.4 is 5.73 Å². The highest BCUT2D eigenvalue weighted by molar-refractivity contribution is 6.43. The highest BCUT2D eigenvalue weighted by Gasteiger charge is 2.41. The lowest BCUT2D eigenvalue weighted by atomic mass is 9.94. The molecule has 0 aliphatic rings.